The molecule has 0 aromatic rings. The number of nitrogens with two attached hydrogens (primary N) is 1. The monoisotopic (exact) mass is 143 g/mol. The first kappa shape index (κ1) is 7.50. The van der Waals surface area contributed by atoms with Gasteiger partial charge in [0.2, 0.25) is 0 Å². The molecule has 1 fully saturated rings. The van der Waals surface area contributed by atoms with Crippen LogP contribution in [0.4, 0.5) is 0 Å². The molecule has 4 nitrogen and oxygen atoms in total. The number of hydrazine groups is 1. The van der Waals surface area contributed by atoms with E-state index in [1.807, 2.05) is 6.92 Å². The third-order valence-electron chi connectivity index (χ3n) is 1.78. The molecule has 1 saturated heterocycles. The molecule has 1 aliphatic rings. The fraction of sp³-hybridized carbons (Fsp3) is 0.833. The number of carbonyl (C=O) groups is 1. The molecule has 58 valence electrons. The van der Waals surface area contributed by atoms with Gasteiger partial charge in [0.25, 0.3) is 5.91 Å². The number of carbonyl (C=O) groups excluding carboxylic acids is 1. The van der Waals surface area contributed by atoms with E-state index >= 15 is 0 Å². The Morgan fingerprint density at radius 3 is 2.80 bits per heavy atom. The van der Waals surface area contributed by atoms with Crippen LogP contribution in [0.5, 0.6) is 0 Å². The van der Waals surface area contributed by atoms with E-state index in [2.05, 4.69) is 4.90 Å². The lowest BCUT2D eigenvalue weighted by atomic mass is 10.3. The highest BCUT2D eigenvalue weighted by Gasteiger charge is 2.19. The average Bonchev–Trinajstić information content (AvgIpc) is 1.95. The molecular formula is C6H13N3O. The third kappa shape index (κ3) is 1.46. The Kier molecular flexibility index (Phi) is 2.24. The van der Waals surface area contributed by atoms with Crippen LogP contribution < -0.4 is 5.84 Å². The molecule has 1 heterocycles. The fourth-order valence-corrected chi connectivity index (χ4v) is 1.00. The van der Waals surface area contributed by atoms with Crippen molar-refractivity contribution in [1.82, 2.24) is 9.91 Å². The van der Waals surface area contributed by atoms with Crippen LogP contribution in [-0.4, -0.2) is 42.0 Å². The van der Waals surface area contributed by atoms with Crippen LogP contribution in [-0.2, 0) is 4.79 Å². The minimum atomic E-state index is 0.0214. The minimum Gasteiger partial charge on any atom is -0.293 e. The quantitative estimate of drug-likeness (QED) is 0.379. The van der Waals surface area contributed by atoms with E-state index in [0.29, 0.717) is 13.1 Å². The first-order valence-corrected chi connectivity index (χ1v) is 3.51. The maximum Gasteiger partial charge on any atom is 0.250 e. The first-order chi connectivity index (χ1) is 4.74. The highest BCUT2D eigenvalue weighted by atomic mass is 16.2. The molecule has 1 rings (SSSR count). The Hall–Kier alpha value is -0.610. The van der Waals surface area contributed by atoms with E-state index in [-0.39, 0.29) is 5.91 Å². The van der Waals surface area contributed by atoms with Crippen LogP contribution >= 0.6 is 0 Å². The van der Waals surface area contributed by atoms with Crippen molar-refractivity contribution in [3.05, 3.63) is 0 Å². The number of piperazine rings is 1. The molecule has 0 spiro atoms. The van der Waals surface area contributed by atoms with Gasteiger partial charge < -0.3 is 0 Å². The molecule has 10 heavy (non-hydrogen) atoms. The number of hydrogen-bond acceptors (Lipinski definition) is 3. The van der Waals surface area contributed by atoms with Gasteiger partial charge >= 0.3 is 0 Å². The molecule has 0 aromatic heterocycles. The Balaban J connectivity index is 2.41. The van der Waals surface area contributed by atoms with Gasteiger partial charge in [-0.2, -0.15) is 0 Å². The zero-order valence-corrected chi connectivity index (χ0v) is 6.21. The normalized spacial score (nSPS) is 21.8. The average molecular weight is 143 g/mol. The van der Waals surface area contributed by atoms with Gasteiger partial charge in [0.15, 0.2) is 0 Å². The molecule has 0 atom stereocenters. The highest BCUT2D eigenvalue weighted by Crippen LogP contribution is 1.96. The second-order valence-electron chi connectivity index (χ2n) is 2.46. The van der Waals surface area contributed by atoms with E-state index in [1.165, 1.54) is 5.01 Å². The van der Waals surface area contributed by atoms with E-state index in [0.717, 1.165) is 13.1 Å². The Morgan fingerprint density at radius 2 is 2.30 bits per heavy atom. The van der Waals surface area contributed by atoms with Gasteiger partial charge in [-0.15, -0.1) is 0 Å². The minimum absolute atomic E-state index is 0.0214. The summed E-state index contributed by atoms with van der Waals surface area (Å²) in [7, 11) is 0. The Bertz CT molecular complexity index is 137. The van der Waals surface area contributed by atoms with Crippen molar-refractivity contribution >= 4 is 5.91 Å². The van der Waals surface area contributed by atoms with Crippen molar-refractivity contribution in [3.8, 4) is 0 Å². The van der Waals surface area contributed by atoms with Crippen molar-refractivity contribution in [2.24, 2.45) is 5.84 Å². The van der Waals surface area contributed by atoms with Crippen LogP contribution in [0.2, 0.25) is 0 Å². The summed E-state index contributed by atoms with van der Waals surface area (Å²) in [4.78, 5) is 13.0. The summed E-state index contributed by atoms with van der Waals surface area (Å²) < 4.78 is 0. The second-order valence-corrected chi connectivity index (χ2v) is 2.46. The summed E-state index contributed by atoms with van der Waals surface area (Å²) in [5.74, 6) is 5.37. The van der Waals surface area contributed by atoms with Gasteiger partial charge in [0.05, 0.1) is 6.54 Å². The molecule has 0 saturated carbocycles. The van der Waals surface area contributed by atoms with Crippen LogP contribution in [0.1, 0.15) is 6.92 Å². The van der Waals surface area contributed by atoms with Crippen molar-refractivity contribution in [3.63, 3.8) is 0 Å². The Labute approximate surface area is 60.5 Å². The summed E-state index contributed by atoms with van der Waals surface area (Å²) in [6, 6.07) is 0. The van der Waals surface area contributed by atoms with Crippen LogP contribution in [0, 0.1) is 0 Å². The van der Waals surface area contributed by atoms with Gasteiger partial charge in [-0.1, -0.05) is 6.92 Å². The lowest BCUT2D eigenvalue weighted by Crippen LogP contribution is -2.53. The second kappa shape index (κ2) is 2.98. The lowest BCUT2D eigenvalue weighted by molar-refractivity contribution is -0.136. The molecule has 0 bridgehead atoms. The zero-order chi connectivity index (χ0) is 7.56. The summed E-state index contributed by atoms with van der Waals surface area (Å²) in [6.45, 7) is 5.01. The lowest BCUT2D eigenvalue weighted by Gasteiger charge is -2.30. The maximum absolute atomic E-state index is 10.9. The van der Waals surface area contributed by atoms with Crippen molar-refractivity contribution in [1.29, 1.82) is 0 Å². The van der Waals surface area contributed by atoms with Crippen molar-refractivity contribution in [2.45, 2.75) is 6.92 Å². The standard InChI is InChI=1S/C6H13N3O/c1-2-8-3-4-9(7)6(10)5-8/h2-5,7H2,1H3. The zero-order valence-electron chi connectivity index (χ0n) is 6.21. The molecule has 4 heteroatoms. The van der Waals surface area contributed by atoms with Gasteiger partial charge in [-0.25, -0.2) is 5.84 Å². The number of rotatable bonds is 1. The van der Waals surface area contributed by atoms with Crippen LogP contribution in [0.15, 0.2) is 0 Å². The third-order valence-corrected chi connectivity index (χ3v) is 1.78. The number of hydrogen-bond donors (Lipinski definition) is 1. The van der Waals surface area contributed by atoms with E-state index in [4.69, 9.17) is 5.84 Å². The smallest absolute Gasteiger partial charge is 0.250 e. The number of amides is 1. The number of nitrogens with zero attached hydrogens (tertiary/aromatic N) is 2. The molecule has 2 N–H and O–H groups in total. The first-order valence-electron chi connectivity index (χ1n) is 3.51. The molecular weight excluding hydrogens is 130 g/mol. The molecule has 0 aromatic carbocycles. The topological polar surface area (TPSA) is 49.6 Å². The predicted octanol–water partition coefficient (Wildman–Crippen LogP) is -0.976. The van der Waals surface area contributed by atoms with Gasteiger partial charge in [0.1, 0.15) is 0 Å². The summed E-state index contributed by atoms with van der Waals surface area (Å²) in [6.07, 6.45) is 0. The fourth-order valence-electron chi connectivity index (χ4n) is 1.00. The largest absolute Gasteiger partial charge is 0.293 e. The molecule has 0 aliphatic carbocycles. The summed E-state index contributed by atoms with van der Waals surface area (Å²) >= 11 is 0. The van der Waals surface area contributed by atoms with Gasteiger partial charge in [-0.05, 0) is 6.54 Å². The van der Waals surface area contributed by atoms with Gasteiger partial charge in [0, 0.05) is 13.1 Å². The molecule has 1 aliphatic heterocycles. The Morgan fingerprint density at radius 1 is 1.60 bits per heavy atom. The summed E-state index contributed by atoms with van der Waals surface area (Å²) in [5.41, 5.74) is 0. The molecule has 1 amide bonds. The summed E-state index contributed by atoms with van der Waals surface area (Å²) in [5, 5.41) is 1.28. The van der Waals surface area contributed by atoms with E-state index in [9.17, 15) is 4.79 Å². The van der Waals surface area contributed by atoms with Crippen molar-refractivity contribution < 1.29 is 4.79 Å². The van der Waals surface area contributed by atoms with Gasteiger partial charge in [-0.3, -0.25) is 14.7 Å². The van der Waals surface area contributed by atoms with E-state index < -0.39 is 0 Å². The van der Waals surface area contributed by atoms with Crippen molar-refractivity contribution in [2.75, 3.05) is 26.2 Å². The maximum atomic E-state index is 10.9. The van der Waals surface area contributed by atoms with Crippen LogP contribution in [0.25, 0.3) is 0 Å². The molecule has 0 unspecified atom stereocenters. The highest BCUT2D eigenvalue weighted by molar-refractivity contribution is 5.78. The predicted molar refractivity (Wildman–Crippen MR) is 38.0 cm³/mol. The number of likely N-dealkylation sites (N-methyl/N-ethyl adjacent to an activating group) is 1. The SMILES string of the molecule is CCN1CCN(N)C(=O)C1. The molecule has 0 radical (unpaired) electrons. The van der Waals surface area contributed by atoms with E-state index in [1.54, 1.807) is 0 Å². The van der Waals surface area contributed by atoms with Crippen LogP contribution in [0.3, 0.4) is 0 Å².